The number of pyridine rings is 1. The van der Waals surface area contributed by atoms with E-state index in [1.54, 1.807) is 30.5 Å². The molecule has 0 aliphatic heterocycles. The SMILES string of the molecule is CCC[C@]12Cc3cnn(-c4ccc(F)cc4)c3C=C1CC[C@@]2(O)CCc1ncccc1C(=O)NCC(N)=O. The van der Waals surface area contributed by atoms with E-state index in [4.69, 9.17) is 5.73 Å². The Labute approximate surface area is 220 Å². The summed E-state index contributed by atoms with van der Waals surface area (Å²) in [5.74, 6) is -1.33. The third kappa shape index (κ3) is 4.51. The standard InChI is InChI=1S/C29H32FN5O3/c1-2-11-28-16-19-17-34-35(22-7-5-21(30)6-8-22)25(19)15-20(28)9-12-29(28,38)13-10-24-23(4-3-14-32-24)27(37)33-18-26(31)36/h3-8,14-15,17,38H,2,9-13,16,18H2,1H3,(H2,31,36)(H,33,37)/t28-,29+/m0/s1. The van der Waals surface area contributed by atoms with Gasteiger partial charge in [0.15, 0.2) is 0 Å². The lowest BCUT2D eigenvalue weighted by Gasteiger charge is -2.45. The molecule has 3 aromatic rings. The molecule has 9 heteroatoms. The zero-order valence-electron chi connectivity index (χ0n) is 21.4. The minimum absolute atomic E-state index is 0.251. The molecule has 2 atom stereocenters. The number of aryl methyl sites for hydroxylation is 1. The predicted molar refractivity (Wildman–Crippen MR) is 141 cm³/mol. The van der Waals surface area contributed by atoms with Gasteiger partial charge in [-0.2, -0.15) is 5.10 Å². The van der Waals surface area contributed by atoms with E-state index in [0.29, 0.717) is 36.9 Å². The first-order valence-corrected chi connectivity index (χ1v) is 13.0. The number of fused-ring (bicyclic) bond motifs is 2. The van der Waals surface area contributed by atoms with Gasteiger partial charge in [-0.1, -0.05) is 18.9 Å². The number of aromatic nitrogens is 3. The molecule has 5 rings (SSSR count). The van der Waals surface area contributed by atoms with Gasteiger partial charge in [0.25, 0.3) is 5.91 Å². The average molecular weight is 518 g/mol. The maximum absolute atomic E-state index is 13.5. The van der Waals surface area contributed by atoms with Crippen molar-refractivity contribution in [3.05, 3.63) is 82.7 Å². The molecule has 0 bridgehead atoms. The second kappa shape index (κ2) is 10.1. The molecule has 1 fully saturated rings. The van der Waals surface area contributed by atoms with Gasteiger partial charge in [-0.05, 0) is 86.6 Å². The van der Waals surface area contributed by atoms with Gasteiger partial charge in [-0.25, -0.2) is 9.07 Å². The molecule has 38 heavy (non-hydrogen) atoms. The van der Waals surface area contributed by atoms with Crippen molar-refractivity contribution in [3.8, 4) is 5.69 Å². The van der Waals surface area contributed by atoms with Crippen molar-refractivity contribution in [2.24, 2.45) is 11.1 Å². The summed E-state index contributed by atoms with van der Waals surface area (Å²) in [6.45, 7) is 1.88. The maximum Gasteiger partial charge on any atom is 0.253 e. The number of aliphatic hydroxyl groups is 1. The molecule has 1 aromatic carbocycles. The van der Waals surface area contributed by atoms with E-state index >= 15 is 0 Å². The molecule has 2 aromatic heterocycles. The second-order valence-corrected chi connectivity index (χ2v) is 10.3. The number of carbonyl (C=O) groups excluding carboxylic acids is 2. The molecule has 8 nitrogen and oxygen atoms in total. The number of nitrogens with zero attached hydrogens (tertiary/aromatic N) is 3. The van der Waals surface area contributed by atoms with E-state index < -0.39 is 22.8 Å². The van der Waals surface area contributed by atoms with Gasteiger partial charge < -0.3 is 16.2 Å². The van der Waals surface area contributed by atoms with Crippen LogP contribution in [0.5, 0.6) is 0 Å². The summed E-state index contributed by atoms with van der Waals surface area (Å²) in [5.41, 5.74) is 8.72. The number of rotatable bonds is 9. The van der Waals surface area contributed by atoms with E-state index in [2.05, 4.69) is 28.4 Å². The van der Waals surface area contributed by atoms with Gasteiger partial charge in [0, 0.05) is 11.6 Å². The Hall–Kier alpha value is -3.85. The first kappa shape index (κ1) is 25.8. The van der Waals surface area contributed by atoms with E-state index in [1.165, 1.54) is 17.7 Å². The van der Waals surface area contributed by atoms with Gasteiger partial charge in [-0.15, -0.1) is 0 Å². The number of benzene rings is 1. The van der Waals surface area contributed by atoms with Crippen LogP contribution in [0.1, 0.15) is 66.3 Å². The van der Waals surface area contributed by atoms with Crippen LogP contribution in [0, 0.1) is 11.2 Å². The van der Waals surface area contributed by atoms with Crippen molar-refractivity contribution >= 4 is 17.9 Å². The van der Waals surface area contributed by atoms with Crippen LogP contribution in [0.2, 0.25) is 0 Å². The Kier molecular flexibility index (Phi) is 6.88. The number of amides is 2. The summed E-state index contributed by atoms with van der Waals surface area (Å²) in [6.07, 6.45) is 10.3. The Balaban J connectivity index is 1.42. The first-order valence-electron chi connectivity index (χ1n) is 13.0. The van der Waals surface area contributed by atoms with Crippen LogP contribution < -0.4 is 11.1 Å². The number of hydrogen-bond acceptors (Lipinski definition) is 5. The van der Waals surface area contributed by atoms with Gasteiger partial charge in [0.1, 0.15) is 5.82 Å². The molecule has 0 radical (unpaired) electrons. The van der Waals surface area contributed by atoms with E-state index in [9.17, 15) is 19.1 Å². The first-order chi connectivity index (χ1) is 18.3. The second-order valence-electron chi connectivity index (χ2n) is 10.3. The van der Waals surface area contributed by atoms with Crippen molar-refractivity contribution < 1.29 is 19.1 Å². The normalized spacial score (nSPS) is 21.9. The van der Waals surface area contributed by atoms with E-state index in [0.717, 1.165) is 36.2 Å². The van der Waals surface area contributed by atoms with Crippen molar-refractivity contribution in [2.75, 3.05) is 6.54 Å². The molecule has 2 amide bonds. The summed E-state index contributed by atoms with van der Waals surface area (Å²) in [5, 5.41) is 19.3. The summed E-state index contributed by atoms with van der Waals surface area (Å²) >= 11 is 0. The van der Waals surface area contributed by atoms with Crippen molar-refractivity contribution in [1.29, 1.82) is 0 Å². The molecule has 0 unspecified atom stereocenters. The van der Waals surface area contributed by atoms with Crippen molar-refractivity contribution in [1.82, 2.24) is 20.1 Å². The van der Waals surface area contributed by atoms with Gasteiger partial charge in [0.2, 0.25) is 5.91 Å². The summed E-state index contributed by atoms with van der Waals surface area (Å²) in [6, 6.07) is 9.62. The minimum Gasteiger partial charge on any atom is -0.389 e. The molecular formula is C29H32FN5O3. The highest BCUT2D eigenvalue weighted by molar-refractivity contribution is 5.97. The Morgan fingerprint density at radius 1 is 1.21 bits per heavy atom. The van der Waals surface area contributed by atoms with E-state index in [-0.39, 0.29) is 12.4 Å². The Morgan fingerprint density at radius 3 is 2.74 bits per heavy atom. The molecule has 0 saturated heterocycles. The smallest absolute Gasteiger partial charge is 0.253 e. The number of carbonyl (C=O) groups is 2. The zero-order chi connectivity index (χ0) is 26.9. The van der Waals surface area contributed by atoms with Crippen LogP contribution in [0.15, 0.2) is 54.4 Å². The van der Waals surface area contributed by atoms with Crippen molar-refractivity contribution in [3.63, 3.8) is 0 Å². The molecular weight excluding hydrogens is 485 g/mol. The highest BCUT2D eigenvalue weighted by Crippen LogP contribution is 2.59. The third-order valence-electron chi connectivity index (χ3n) is 8.08. The fraction of sp³-hybridized carbons (Fsp3) is 0.379. The Morgan fingerprint density at radius 2 is 2.00 bits per heavy atom. The van der Waals surface area contributed by atoms with Crippen LogP contribution in [0.25, 0.3) is 11.8 Å². The molecule has 0 spiro atoms. The maximum atomic E-state index is 13.5. The zero-order valence-corrected chi connectivity index (χ0v) is 21.4. The molecule has 2 aliphatic carbocycles. The van der Waals surface area contributed by atoms with Gasteiger partial charge >= 0.3 is 0 Å². The predicted octanol–water partition coefficient (Wildman–Crippen LogP) is 3.51. The monoisotopic (exact) mass is 517 g/mol. The van der Waals surface area contributed by atoms with Crippen LogP contribution in [0.4, 0.5) is 4.39 Å². The molecule has 2 aliphatic rings. The highest BCUT2D eigenvalue weighted by atomic mass is 19.1. The lowest BCUT2D eigenvalue weighted by Crippen LogP contribution is -2.47. The number of halogens is 1. The number of primary amides is 1. The largest absolute Gasteiger partial charge is 0.389 e. The Bertz CT molecular complexity index is 1400. The molecule has 198 valence electrons. The topological polar surface area (TPSA) is 123 Å². The number of hydrogen-bond donors (Lipinski definition) is 3. The molecule has 4 N–H and O–H groups in total. The van der Waals surface area contributed by atoms with Gasteiger partial charge in [-0.3, -0.25) is 14.6 Å². The highest BCUT2D eigenvalue weighted by Gasteiger charge is 2.57. The fourth-order valence-corrected chi connectivity index (χ4v) is 6.27. The molecule has 1 saturated carbocycles. The fourth-order valence-electron chi connectivity index (χ4n) is 6.27. The summed E-state index contributed by atoms with van der Waals surface area (Å²) in [4.78, 5) is 28.2. The number of nitrogens with two attached hydrogens (primary N) is 1. The number of nitrogens with one attached hydrogen (secondary N) is 1. The lowest BCUT2D eigenvalue weighted by molar-refractivity contribution is -0.117. The quantitative estimate of drug-likeness (QED) is 0.401. The third-order valence-corrected chi connectivity index (χ3v) is 8.08. The summed E-state index contributed by atoms with van der Waals surface area (Å²) < 4.78 is 15.3. The lowest BCUT2D eigenvalue weighted by atomic mass is 9.62. The average Bonchev–Trinajstić information content (AvgIpc) is 3.44. The van der Waals surface area contributed by atoms with Gasteiger partial charge in [0.05, 0.1) is 41.0 Å². The minimum atomic E-state index is -0.983. The van der Waals surface area contributed by atoms with E-state index in [1.807, 2.05) is 10.9 Å². The van der Waals surface area contributed by atoms with Crippen molar-refractivity contribution in [2.45, 2.75) is 57.5 Å². The van der Waals surface area contributed by atoms with Crippen LogP contribution >= 0.6 is 0 Å². The molecule has 2 heterocycles. The van der Waals surface area contributed by atoms with Crippen LogP contribution in [-0.2, 0) is 17.6 Å². The van der Waals surface area contributed by atoms with Crippen LogP contribution in [-0.4, -0.2) is 43.8 Å². The van der Waals surface area contributed by atoms with Crippen LogP contribution in [0.3, 0.4) is 0 Å². The summed E-state index contributed by atoms with van der Waals surface area (Å²) in [7, 11) is 0.